The molecule has 0 aliphatic rings. The third-order valence-corrected chi connectivity index (χ3v) is 3.90. The maximum absolute atomic E-state index is 11.9. The topological polar surface area (TPSA) is 101 Å². The van der Waals surface area contributed by atoms with Crippen molar-refractivity contribution in [3.8, 4) is 0 Å². The van der Waals surface area contributed by atoms with Crippen LogP contribution in [0.15, 0.2) is 35.4 Å². The molecule has 0 unspecified atom stereocenters. The molecule has 0 saturated heterocycles. The highest BCUT2D eigenvalue weighted by Gasteiger charge is 2.18. The lowest BCUT2D eigenvalue weighted by Gasteiger charge is -2.06. The first-order valence-corrected chi connectivity index (χ1v) is 6.81. The van der Waals surface area contributed by atoms with Crippen molar-refractivity contribution in [2.24, 2.45) is 0 Å². The molecule has 7 heteroatoms. The van der Waals surface area contributed by atoms with Gasteiger partial charge in [0.25, 0.3) is 0 Å². The Labute approximate surface area is 105 Å². The molecule has 0 bridgehead atoms. The second-order valence-corrected chi connectivity index (χ2v) is 5.70. The Bertz CT molecular complexity index is 649. The lowest BCUT2D eigenvalue weighted by Crippen LogP contribution is -2.23. The molecular formula is C11H14N4O2S. The minimum atomic E-state index is -3.63. The summed E-state index contributed by atoms with van der Waals surface area (Å²) in [6.45, 7) is 2.17. The zero-order valence-corrected chi connectivity index (χ0v) is 10.7. The van der Waals surface area contributed by atoms with Crippen LogP contribution in [0.4, 0.5) is 5.82 Å². The Morgan fingerprint density at radius 2 is 2.22 bits per heavy atom. The molecule has 1 aromatic carbocycles. The summed E-state index contributed by atoms with van der Waals surface area (Å²) < 4.78 is 26.3. The van der Waals surface area contributed by atoms with Gasteiger partial charge >= 0.3 is 0 Å². The number of nitrogens with two attached hydrogens (primary N) is 1. The van der Waals surface area contributed by atoms with Gasteiger partial charge in [0.2, 0.25) is 10.0 Å². The van der Waals surface area contributed by atoms with Crippen molar-refractivity contribution in [3.05, 3.63) is 41.6 Å². The van der Waals surface area contributed by atoms with Gasteiger partial charge in [-0.25, -0.2) is 13.1 Å². The molecule has 0 spiro atoms. The fourth-order valence-electron chi connectivity index (χ4n) is 1.58. The Balaban J connectivity index is 2.13. The molecule has 6 nitrogen and oxygen atoms in total. The van der Waals surface area contributed by atoms with E-state index in [1.54, 1.807) is 0 Å². The number of aryl methyl sites for hydroxylation is 1. The van der Waals surface area contributed by atoms with Gasteiger partial charge in [0.05, 0.1) is 6.20 Å². The summed E-state index contributed by atoms with van der Waals surface area (Å²) >= 11 is 0. The number of anilines is 1. The first-order chi connectivity index (χ1) is 8.49. The Morgan fingerprint density at radius 1 is 1.44 bits per heavy atom. The quantitative estimate of drug-likeness (QED) is 0.761. The second kappa shape index (κ2) is 4.79. The number of nitrogens with one attached hydrogen (secondary N) is 2. The number of aromatic nitrogens is 2. The summed E-state index contributed by atoms with van der Waals surface area (Å²) in [5, 5.41) is 5.98. The normalized spacial score (nSPS) is 11.6. The van der Waals surface area contributed by atoms with Crippen LogP contribution in [0, 0.1) is 6.92 Å². The minimum absolute atomic E-state index is 0.0323. The highest BCUT2D eigenvalue weighted by atomic mass is 32.2. The number of H-pyrrole nitrogens is 1. The van der Waals surface area contributed by atoms with Crippen LogP contribution in [-0.2, 0) is 16.6 Å². The van der Waals surface area contributed by atoms with Crippen LogP contribution in [0.1, 0.15) is 11.1 Å². The van der Waals surface area contributed by atoms with E-state index in [1.165, 1.54) is 6.20 Å². The van der Waals surface area contributed by atoms with Crippen molar-refractivity contribution >= 4 is 15.8 Å². The lowest BCUT2D eigenvalue weighted by atomic mass is 10.1. The Hall–Kier alpha value is -1.86. The third-order valence-electron chi connectivity index (χ3n) is 2.47. The minimum Gasteiger partial charge on any atom is -0.383 e. The van der Waals surface area contributed by atoms with Gasteiger partial charge in [-0.05, 0) is 12.5 Å². The van der Waals surface area contributed by atoms with Crippen molar-refractivity contribution in [2.45, 2.75) is 18.4 Å². The molecule has 1 aromatic heterocycles. The summed E-state index contributed by atoms with van der Waals surface area (Å²) in [4.78, 5) is -0.0323. The molecule has 0 saturated carbocycles. The van der Waals surface area contributed by atoms with Gasteiger partial charge in [0, 0.05) is 6.54 Å². The molecule has 0 radical (unpaired) electrons. The predicted octanol–water partition coefficient (Wildman–Crippen LogP) is 0.779. The number of rotatable bonds is 4. The van der Waals surface area contributed by atoms with E-state index < -0.39 is 10.0 Å². The predicted molar refractivity (Wildman–Crippen MR) is 68.2 cm³/mol. The van der Waals surface area contributed by atoms with Crippen LogP contribution in [0.3, 0.4) is 0 Å². The van der Waals surface area contributed by atoms with Crippen molar-refractivity contribution < 1.29 is 8.42 Å². The van der Waals surface area contributed by atoms with Crippen LogP contribution >= 0.6 is 0 Å². The summed E-state index contributed by atoms with van der Waals surface area (Å²) in [6.07, 6.45) is 1.19. The Kier molecular flexibility index (Phi) is 3.35. The molecule has 2 aromatic rings. The molecule has 96 valence electrons. The molecule has 0 aliphatic heterocycles. The first-order valence-electron chi connectivity index (χ1n) is 5.33. The van der Waals surface area contributed by atoms with E-state index in [0.717, 1.165) is 11.1 Å². The molecule has 2 rings (SSSR count). The van der Waals surface area contributed by atoms with Gasteiger partial charge in [0.1, 0.15) is 10.7 Å². The average molecular weight is 266 g/mol. The van der Waals surface area contributed by atoms with E-state index in [2.05, 4.69) is 14.9 Å². The van der Waals surface area contributed by atoms with Gasteiger partial charge in [-0.1, -0.05) is 29.8 Å². The molecule has 1 heterocycles. The Morgan fingerprint density at radius 3 is 2.83 bits per heavy atom. The number of aromatic amines is 1. The van der Waals surface area contributed by atoms with Crippen LogP contribution in [0.2, 0.25) is 0 Å². The van der Waals surface area contributed by atoms with Gasteiger partial charge in [-0.2, -0.15) is 5.10 Å². The number of nitrogens with zero attached hydrogens (tertiary/aromatic N) is 1. The average Bonchev–Trinajstić information content (AvgIpc) is 2.74. The summed E-state index contributed by atoms with van der Waals surface area (Å²) in [6, 6.07) is 7.60. The number of benzene rings is 1. The van der Waals surface area contributed by atoms with Crippen LogP contribution < -0.4 is 10.5 Å². The van der Waals surface area contributed by atoms with Crippen molar-refractivity contribution in [1.29, 1.82) is 0 Å². The first kappa shape index (κ1) is 12.6. The molecule has 4 N–H and O–H groups in total. The van der Waals surface area contributed by atoms with E-state index >= 15 is 0 Å². The van der Waals surface area contributed by atoms with Crippen molar-refractivity contribution in [3.63, 3.8) is 0 Å². The monoisotopic (exact) mass is 266 g/mol. The van der Waals surface area contributed by atoms with E-state index in [4.69, 9.17) is 5.73 Å². The number of hydrogen-bond acceptors (Lipinski definition) is 4. The molecule has 0 atom stereocenters. The SMILES string of the molecule is Cc1cccc(CNS(=O)(=O)c2cn[nH]c2N)c1. The standard InChI is InChI=1S/C11H14N4O2S/c1-8-3-2-4-9(5-8)6-14-18(16,17)10-7-13-15-11(10)12/h2-5,7,14H,6H2,1H3,(H3,12,13,15). The second-order valence-electron chi connectivity index (χ2n) is 3.96. The van der Waals surface area contributed by atoms with E-state index in [9.17, 15) is 8.42 Å². The van der Waals surface area contributed by atoms with Crippen LogP contribution in [-0.4, -0.2) is 18.6 Å². The van der Waals surface area contributed by atoms with E-state index in [0.29, 0.717) is 0 Å². The summed E-state index contributed by atoms with van der Waals surface area (Å²) in [7, 11) is -3.63. The van der Waals surface area contributed by atoms with Crippen molar-refractivity contribution in [2.75, 3.05) is 5.73 Å². The zero-order chi connectivity index (χ0) is 13.2. The largest absolute Gasteiger partial charge is 0.383 e. The van der Waals surface area contributed by atoms with Gasteiger partial charge < -0.3 is 5.73 Å². The third kappa shape index (κ3) is 2.69. The molecule has 0 fully saturated rings. The maximum atomic E-state index is 11.9. The molecule has 18 heavy (non-hydrogen) atoms. The van der Waals surface area contributed by atoms with Crippen LogP contribution in [0.25, 0.3) is 0 Å². The zero-order valence-electron chi connectivity index (χ0n) is 9.84. The fraction of sp³-hybridized carbons (Fsp3) is 0.182. The lowest BCUT2D eigenvalue weighted by molar-refractivity contribution is 0.582. The van der Waals surface area contributed by atoms with Crippen LogP contribution in [0.5, 0.6) is 0 Å². The molecule has 0 amide bonds. The molecular weight excluding hydrogens is 252 g/mol. The van der Waals surface area contributed by atoms with E-state index in [1.807, 2.05) is 31.2 Å². The number of nitrogen functional groups attached to an aromatic ring is 1. The number of hydrogen-bond donors (Lipinski definition) is 3. The van der Waals surface area contributed by atoms with Crippen molar-refractivity contribution in [1.82, 2.24) is 14.9 Å². The van der Waals surface area contributed by atoms with Gasteiger partial charge in [0.15, 0.2) is 0 Å². The maximum Gasteiger partial charge on any atom is 0.246 e. The summed E-state index contributed by atoms with van der Waals surface area (Å²) in [5.41, 5.74) is 7.45. The highest BCUT2D eigenvalue weighted by Crippen LogP contribution is 2.14. The number of sulfonamides is 1. The smallest absolute Gasteiger partial charge is 0.246 e. The summed E-state index contributed by atoms with van der Waals surface area (Å²) in [5.74, 6) is 0.0340. The van der Waals surface area contributed by atoms with Gasteiger partial charge in [-0.15, -0.1) is 0 Å². The fourth-order valence-corrected chi connectivity index (χ4v) is 2.62. The highest BCUT2D eigenvalue weighted by molar-refractivity contribution is 7.89. The van der Waals surface area contributed by atoms with E-state index in [-0.39, 0.29) is 17.3 Å². The molecule has 0 aliphatic carbocycles. The van der Waals surface area contributed by atoms with Gasteiger partial charge in [-0.3, -0.25) is 5.10 Å².